The van der Waals surface area contributed by atoms with Crippen molar-refractivity contribution in [3.8, 4) is 5.69 Å². The van der Waals surface area contributed by atoms with Gasteiger partial charge in [-0.3, -0.25) is 9.59 Å². The molecule has 0 radical (unpaired) electrons. The number of amides is 1. The number of hydrogen-bond donors (Lipinski definition) is 2. The van der Waals surface area contributed by atoms with Crippen LogP contribution in [-0.2, 0) is 0 Å². The van der Waals surface area contributed by atoms with Crippen LogP contribution in [0.5, 0.6) is 0 Å². The Balaban J connectivity index is 2.35. The Morgan fingerprint density at radius 2 is 2.13 bits per heavy atom. The van der Waals surface area contributed by atoms with Crippen molar-refractivity contribution in [1.29, 1.82) is 0 Å². The van der Waals surface area contributed by atoms with Crippen LogP contribution >= 0.6 is 0 Å². The molecule has 1 unspecified atom stereocenters. The molecular formula is C16H19FN4O2. The first-order valence-electron chi connectivity index (χ1n) is 7.30. The fourth-order valence-corrected chi connectivity index (χ4v) is 2.07. The van der Waals surface area contributed by atoms with Crippen LogP contribution in [-0.4, -0.2) is 28.3 Å². The molecule has 0 saturated carbocycles. The molecule has 0 fully saturated rings. The van der Waals surface area contributed by atoms with Crippen molar-refractivity contribution >= 4 is 5.91 Å². The first kappa shape index (κ1) is 16.8. The highest BCUT2D eigenvalue weighted by molar-refractivity contribution is 5.92. The molecule has 1 heterocycles. The van der Waals surface area contributed by atoms with E-state index in [0.717, 1.165) is 0 Å². The minimum absolute atomic E-state index is 0.0589. The molecule has 3 N–H and O–H groups in total. The molecule has 6 nitrogen and oxygen atoms in total. The summed E-state index contributed by atoms with van der Waals surface area (Å²) >= 11 is 0. The van der Waals surface area contributed by atoms with E-state index in [1.54, 1.807) is 19.1 Å². The molecule has 1 aromatic heterocycles. The van der Waals surface area contributed by atoms with E-state index in [1.807, 2.05) is 6.92 Å². The molecular weight excluding hydrogens is 299 g/mol. The lowest BCUT2D eigenvalue weighted by molar-refractivity contribution is 0.0945. The maximum Gasteiger partial charge on any atom is 0.275 e. The lowest BCUT2D eigenvalue weighted by Crippen LogP contribution is -2.34. The highest BCUT2D eigenvalue weighted by atomic mass is 19.1. The summed E-state index contributed by atoms with van der Waals surface area (Å²) in [6, 6.07) is 7.23. The van der Waals surface area contributed by atoms with Gasteiger partial charge in [-0.05, 0) is 32.4 Å². The molecule has 1 aromatic carbocycles. The minimum Gasteiger partial charge on any atom is -0.350 e. The first-order valence-corrected chi connectivity index (χ1v) is 7.30. The van der Waals surface area contributed by atoms with Gasteiger partial charge in [0.05, 0.1) is 0 Å². The minimum atomic E-state index is -0.597. The molecule has 2 rings (SSSR count). The largest absolute Gasteiger partial charge is 0.350 e. The monoisotopic (exact) mass is 318 g/mol. The molecule has 0 bridgehead atoms. The van der Waals surface area contributed by atoms with E-state index >= 15 is 0 Å². The second-order valence-electron chi connectivity index (χ2n) is 5.38. The Morgan fingerprint density at radius 3 is 2.78 bits per heavy atom. The average Bonchev–Trinajstić information content (AvgIpc) is 2.48. The van der Waals surface area contributed by atoms with E-state index < -0.39 is 17.2 Å². The van der Waals surface area contributed by atoms with Crippen LogP contribution in [0.3, 0.4) is 0 Å². The van der Waals surface area contributed by atoms with Crippen LogP contribution in [0.1, 0.15) is 29.5 Å². The van der Waals surface area contributed by atoms with Crippen LogP contribution in [0.25, 0.3) is 5.69 Å². The normalized spacial score (nSPS) is 12.0. The van der Waals surface area contributed by atoms with Crippen molar-refractivity contribution < 1.29 is 9.18 Å². The third-order valence-corrected chi connectivity index (χ3v) is 3.29. The summed E-state index contributed by atoms with van der Waals surface area (Å²) in [5, 5.41) is 6.62. The summed E-state index contributed by atoms with van der Waals surface area (Å²) in [7, 11) is 0. The summed E-state index contributed by atoms with van der Waals surface area (Å²) in [6.45, 7) is 3.78. The van der Waals surface area contributed by atoms with Crippen LogP contribution in [0.4, 0.5) is 4.39 Å². The number of rotatable bonds is 5. The van der Waals surface area contributed by atoms with Gasteiger partial charge in [-0.25, -0.2) is 9.07 Å². The number of aryl methyl sites for hydroxylation is 1. The molecule has 0 aliphatic heterocycles. The number of halogens is 1. The lowest BCUT2D eigenvalue weighted by Gasteiger charge is -2.12. The third kappa shape index (κ3) is 4.01. The van der Waals surface area contributed by atoms with Gasteiger partial charge in [-0.15, -0.1) is 0 Å². The lowest BCUT2D eigenvalue weighted by atomic mass is 10.2. The number of hydrogen-bond acceptors (Lipinski definition) is 4. The summed E-state index contributed by atoms with van der Waals surface area (Å²) in [4.78, 5) is 24.1. The molecule has 0 spiro atoms. The Bertz CT molecular complexity index is 771. The predicted molar refractivity (Wildman–Crippen MR) is 85.1 cm³/mol. The van der Waals surface area contributed by atoms with Gasteiger partial charge in [0.1, 0.15) is 11.5 Å². The second-order valence-corrected chi connectivity index (χ2v) is 5.38. The van der Waals surface area contributed by atoms with Gasteiger partial charge in [-0.2, -0.15) is 5.10 Å². The molecule has 7 heteroatoms. The summed E-state index contributed by atoms with van der Waals surface area (Å²) < 4.78 is 15.2. The molecule has 122 valence electrons. The number of carbonyl (C=O) groups excluding carboxylic acids is 1. The van der Waals surface area contributed by atoms with Crippen LogP contribution in [0.15, 0.2) is 35.1 Å². The SMILES string of the molecule is Cc1cc(=O)c(C(=O)NCCC(C)N)nn1-c1ccccc1F. The van der Waals surface area contributed by atoms with Gasteiger partial charge in [0, 0.05) is 24.3 Å². The summed E-state index contributed by atoms with van der Waals surface area (Å²) in [5.74, 6) is -1.09. The average molecular weight is 318 g/mol. The molecule has 0 saturated heterocycles. The molecule has 0 aliphatic rings. The van der Waals surface area contributed by atoms with Gasteiger partial charge < -0.3 is 11.1 Å². The molecule has 1 amide bonds. The quantitative estimate of drug-likeness (QED) is 0.865. The standard InChI is InChI=1S/C16H19FN4O2/c1-10(18)7-8-19-16(23)15-14(22)9-11(2)21(20-15)13-6-4-3-5-12(13)17/h3-6,9-10H,7-8,18H2,1-2H3,(H,19,23). The predicted octanol–water partition coefficient (Wildman–Crippen LogP) is 1.15. The zero-order valence-corrected chi connectivity index (χ0v) is 13.0. The number of benzene rings is 1. The topological polar surface area (TPSA) is 90.0 Å². The van der Waals surface area contributed by atoms with Crippen LogP contribution < -0.4 is 16.5 Å². The van der Waals surface area contributed by atoms with E-state index in [-0.39, 0.29) is 17.4 Å². The molecule has 1 atom stereocenters. The van der Waals surface area contributed by atoms with Crippen molar-refractivity contribution in [2.45, 2.75) is 26.3 Å². The molecule has 2 aromatic rings. The number of nitrogens with two attached hydrogens (primary N) is 1. The Kier molecular flexibility index (Phi) is 5.23. The van der Waals surface area contributed by atoms with Crippen LogP contribution in [0, 0.1) is 12.7 Å². The van der Waals surface area contributed by atoms with E-state index in [9.17, 15) is 14.0 Å². The summed E-state index contributed by atoms with van der Waals surface area (Å²) in [5.41, 5.74) is 5.44. The number of para-hydroxylation sites is 1. The highest BCUT2D eigenvalue weighted by Gasteiger charge is 2.16. The molecule has 23 heavy (non-hydrogen) atoms. The van der Waals surface area contributed by atoms with Gasteiger partial charge >= 0.3 is 0 Å². The highest BCUT2D eigenvalue weighted by Crippen LogP contribution is 2.12. The maximum atomic E-state index is 13.9. The smallest absolute Gasteiger partial charge is 0.275 e. The fraction of sp³-hybridized carbons (Fsp3) is 0.312. The van der Waals surface area contributed by atoms with Crippen molar-refractivity contribution in [2.75, 3.05) is 6.54 Å². The van der Waals surface area contributed by atoms with Gasteiger partial charge in [0.2, 0.25) is 5.43 Å². The van der Waals surface area contributed by atoms with Crippen molar-refractivity contribution in [3.05, 3.63) is 57.8 Å². The number of carbonyl (C=O) groups is 1. The first-order chi connectivity index (χ1) is 10.9. The van der Waals surface area contributed by atoms with E-state index in [4.69, 9.17) is 5.73 Å². The van der Waals surface area contributed by atoms with Gasteiger partial charge in [-0.1, -0.05) is 12.1 Å². The number of nitrogens with one attached hydrogen (secondary N) is 1. The number of aromatic nitrogens is 2. The zero-order valence-electron chi connectivity index (χ0n) is 13.0. The molecule has 0 aliphatic carbocycles. The second kappa shape index (κ2) is 7.15. The Labute approximate surface area is 133 Å². The summed E-state index contributed by atoms with van der Waals surface area (Å²) in [6.07, 6.45) is 0.582. The van der Waals surface area contributed by atoms with Gasteiger partial charge in [0.25, 0.3) is 5.91 Å². The Hall–Kier alpha value is -2.54. The van der Waals surface area contributed by atoms with E-state index in [1.165, 1.54) is 22.9 Å². The number of nitrogens with zero attached hydrogens (tertiary/aromatic N) is 2. The fourth-order valence-electron chi connectivity index (χ4n) is 2.07. The third-order valence-electron chi connectivity index (χ3n) is 3.29. The van der Waals surface area contributed by atoms with Gasteiger partial charge in [0.15, 0.2) is 5.69 Å². The van der Waals surface area contributed by atoms with Crippen molar-refractivity contribution in [3.63, 3.8) is 0 Å². The Morgan fingerprint density at radius 1 is 1.43 bits per heavy atom. The van der Waals surface area contributed by atoms with Crippen LogP contribution in [0.2, 0.25) is 0 Å². The van der Waals surface area contributed by atoms with E-state index in [2.05, 4.69) is 10.4 Å². The van der Waals surface area contributed by atoms with E-state index in [0.29, 0.717) is 18.7 Å². The zero-order chi connectivity index (χ0) is 17.0. The van der Waals surface area contributed by atoms with Crippen molar-refractivity contribution in [1.82, 2.24) is 15.1 Å². The maximum absolute atomic E-state index is 13.9. The van der Waals surface area contributed by atoms with Crippen molar-refractivity contribution in [2.24, 2.45) is 5.73 Å².